The first-order valence-electron chi connectivity index (χ1n) is 7.16. The van der Waals surface area contributed by atoms with E-state index < -0.39 is 6.09 Å². The zero-order chi connectivity index (χ0) is 16.1. The highest BCUT2D eigenvalue weighted by Crippen LogP contribution is 2.29. The Morgan fingerprint density at radius 2 is 2.04 bits per heavy atom. The number of carbonyl (C=O) groups excluding carboxylic acids is 1. The smallest absolute Gasteiger partial charge is 0.411 e. The fourth-order valence-electron chi connectivity index (χ4n) is 2.07. The molecular formula is C17H15N3O2S. The number of pyridine rings is 1. The predicted octanol–water partition coefficient (Wildman–Crippen LogP) is 4.44. The highest BCUT2D eigenvalue weighted by atomic mass is 32.1. The zero-order valence-electron chi connectivity index (χ0n) is 12.5. The maximum absolute atomic E-state index is 11.5. The first-order valence-corrected chi connectivity index (χ1v) is 8.04. The van der Waals surface area contributed by atoms with Gasteiger partial charge in [-0.15, -0.1) is 11.3 Å². The molecule has 0 saturated heterocycles. The van der Waals surface area contributed by atoms with Gasteiger partial charge in [0, 0.05) is 34.6 Å². The zero-order valence-corrected chi connectivity index (χ0v) is 13.3. The first kappa shape index (κ1) is 15.2. The Hall–Kier alpha value is -2.73. The molecule has 0 aliphatic rings. The van der Waals surface area contributed by atoms with Crippen LogP contribution >= 0.6 is 11.3 Å². The fraction of sp³-hybridized carbons (Fsp3) is 0.118. The van der Waals surface area contributed by atoms with Gasteiger partial charge in [0.15, 0.2) is 0 Å². The molecule has 0 saturated carbocycles. The van der Waals surface area contributed by atoms with E-state index in [4.69, 9.17) is 4.74 Å². The van der Waals surface area contributed by atoms with Gasteiger partial charge in [0.25, 0.3) is 0 Å². The summed E-state index contributed by atoms with van der Waals surface area (Å²) in [6.45, 7) is 2.11. The minimum atomic E-state index is -0.458. The molecule has 1 N–H and O–H groups in total. The number of carbonyl (C=O) groups is 1. The largest absolute Gasteiger partial charge is 0.450 e. The Bertz CT molecular complexity index is 802. The van der Waals surface area contributed by atoms with Crippen LogP contribution in [0.5, 0.6) is 0 Å². The van der Waals surface area contributed by atoms with Gasteiger partial charge in [0.1, 0.15) is 5.01 Å². The Kier molecular flexibility index (Phi) is 4.63. The maximum Gasteiger partial charge on any atom is 0.411 e. The van der Waals surface area contributed by atoms with Crippen LogP contribution in [0.1, 0.15) is 6.92 Å². The van der Waals surface area contributed by atoms with Crippen molar-refractivity contribution in [1.82, 2.24) is 9.97 Å². The van der Waals surface area contributed by atoms with Crippen molar-refractivity contribution in [3.63, 3.8) is 0 Å². The van der Waals surface area contributed by atoms with Crippen molar-refractivity contribution >= 4 is 23.1 Å². The second kappa shape index (κ2) is 7.02. The molecule has 0 fully saturated rings. The molecule has 0 aliphatic heterocycles. The van der Waals surface area contributed by atoms with Gasteiger partial charge in [-0.1, -0.05) is 12.1 Å². The lowest BCUT2D eigenvalue weighted by Gasteiger charge is -2.06. The summed E-state index contributed by atoms with van der Waals surface area (Å²) < 4.78 is 4.88. The van der Waals surface area contributed by atoms with Crippen molar-refractivity contribution < 1.29 is 9.53 Å². The highest BCUT2D eigenvalue weighted by molar-refractivity contribution is 7.13. The van der Waals surface area contributed by atoms with Crippen LogP contribution in [0.25, 0.3) is 21.8 Å². The van der Waals surface area contributed by atoms with Crippen molar-refractivity contribution in [1.29, 1.82) is 0 Å². The van der Waals surface area contributed by atoms with Crippen LogP contribution in [-0.2, 0) is 4.74 Å². The Morgan fingerprint density at radius 3 is 2.83 bits per heavy atom. The van der Waals surface area contributed by atoms with Crippen molar-refractivity contribution in [3.8, 4) is 21.8 Å². The van der Waals surface area contributed by atoms with Gasteiger partial charge in [-0.3, -0.25) is 10.3 Å². The maximum atomic E-state index is 11.5. The second-order valence-electron chi connectivity index (χ2n) is 4.70. The van der Waals surface area contributed by atoms with E-state index in [-0.39, 0.29) is 0 Å². The molecule has 23 heavy (non-hydrogen) atoms. The molecule has 116 valence electrons. The molecule has 0 aliphatic carbocycles. The Labute approximate surface area is 138 Å². The number of rotatable bonds is 4. The van der Waals surface area contributed by atoms with Gasteiger partial charge in [-0.2, -0.15) is 0 Å². The van der Waals surface area contributed by atoms with Crippen molar-refractivity contribution in [2.24, 2.45) is 0 Å². The fourth-order valence-corrected chi connectivity index (χ4v) is 2.91. The standard InChI is InChI=1S/C17H15N3O2S/c1-2-22-17(21)19-14-5-3-4-13(10-14)15-11-23-16(20-15)12-6-8-18-9-7-12/h3-11H,2H2,1H3,(H,19,21). The number of thiazole rings is 1. The summed E-state index contributed by atoms with van der Waals surface area (Å²) in [5.74, 6) is 0. The molecule has 5 nitrogen and oxygen atoms in total. The summed E-state index contributed by atoms with van der Waals surface area (Å²) in [6.07, 6.45) is 3.04. The molecule has 3 aromatic rings. The van der Waals surface area contributed by atoms with Crippen molar-refractivity contribution in [2.75, 3.05) is 11.9 Å². The van der Waals surface area contributed by atoms with E-state index in [1.807, 2.05) is 41.8 Å². The van der Waals surface area contributed by atoms with Gasteiger partial charge in [0.2, 0.25) is 0 Å². The molecule has 3 rings (SSSR count). The van der Waals surface area contributed by atoms with Crippen LogP contribution in [0.2, 0.25) is 0 Å². The Balaban J connectivity index is 1.82. The van der Waals surface area contributed by atoms with E-state index in [9.17, 15) is 4.79 Å². The molecule has 0 spiro atoms. The Morgan fingerprint density at radius 1 is 1.22 bits per heavy atom. The number of nitrogens with one attached hydrogen (secondary N) is 1. The van der Waals surface area contributed by atoms with Crippen LogP contribution in [0.3, 0.4) is 0 Å². The third-order valence-electron chi connectivity index (χ3n) is 3.11. The van der Waals surface area contributed by atoms with E-state index in [2.05, 4.69) is 15.3 Å². The normalized spacial score (nSPS) is 10.3. The topological polar surface area (TPSA) is 64.1 Å². The lowest BCUT2D eigenvalue weighted by Crippen LogP contribution is -2.13. The summed E-state index contributed by atoms with van der Waals surface area (Å²) >= 11 is 1.57. The molecule has 0 bridgehead atoms. The van der Waals surface area contributed by atoms with Crippen LogP contribution in [-0.4, -0.2) is 22.7 Å². The monoisotopic (exact) mass is 325 g/mol. The average Bonchev–Trinajstić information content (AvgIpc) is 3.06. The lowest BCUT2D eigenvalue weighted by molar-refractivity contribution is 0.168. The minimum absolute atomic E-state index is 0.340. The second-order valence-corrected chi connectivity index (χ2v) is 5.56. The van der Waals surface area contributed by atoms with Crippen LogP contribution in [0, 0.1) is 0 Å². The van der Waals surface area contributed by atoms with Crippen molar-refractivity contribution in [3.05, 3.63) is 54.2 Å². The summed E-state index contributed by atoms with van der Waals surface area (Å²) in [6, 6.07) is 11.4. The minimum Gasteiger partial charge on any atom is -0.450 e. The van der Waals surface area contributed by atoms with E-state index >= 15 is 0 Å². The van der Waals surface area contributed by atoms with E-state index in [0.717, 1.165) is 21.8 Å². The number of ether oxygens (including phenoxy) is 1. The summed E-state index contributed by atoms with van der Waals surface area (Å²) in [5.41, 5.74) is 3.53. The number of benzene rings is 1. The molecule has 2 heterocycles. The average molecular weight is 325 g/mol. The number of aromatic nitrogens is 2. The SMILES string of the molecule is CCOC(=O)Nc1cccc(-c2csc(-c3ccncc3)n2)c1. The molecular weight excluding hydrogens is 310 g/mol. The lowest BCUT2D eigenvalue weighted by atomic mass is 10.1. The first-order chi connectivity index (χ1) is 11.3. The van der Waals surface area contributed by atoms with Crippen LogP contribution < -0.4 is 5.32 Å². The van der Waals surface area contributed by atoms with Crippen molar-refractivity contribution in [2.45, 2.75) is 6.92 Å². The summed E-state index contributed by atoms with van der Waals surface area (Å²) in [5, 5.41) is 5.63. The quantitative estimate of drug-likeness (QED) is 0.770. The summed E-state index contributed by atoms with van der Waals surface area (Å²) in [7, 11) is 0. The van der Waals surface area contributed by atoms with Gasteiger partial charge < -0.3 is 4.74 Å². The van der Waals surface area contributed by atoms with Gasteiger partial charge in [-0.25, -0.2) is 9.78 Å². The third-order valence-corrected chi connectivity index (χ3v) is 4.00. The van der Waals surface area contributed by atoms with Crippen LogP contribution in [0.15, 0.2) is 54.2 Å². The molecule has 0 unspecified atom stereocenters. The number of hydrogen-bond donors (Lipinski definition) is 1. The summed E-state index contributed by atoms with van der Waals surface area (Å²) in [4.78, 5) is 20.2. The van der Waals surface area contributed by atoms with Gasteiger partial charge in [0.05, 0.1) is 12.3 Å². The molecule has 6 heteroatoms. The van der Waals surface area contributed by atoms with E-state index in [0.29, 0.717) is 12.3 Å². The molecule has 1 amide bonds. The third kappa shape index (κ3) is 3.73. The number of amides is 1. The predicted molar refractivity (Wildman–Crippen MR) is 91.4 cm³/mol. The number of nitrogens with zero attached hydrogens (tertiary/aromatic N) is 2. The highest BCUT2D eigenvalue weighted by Gasteiger charge is 2.08. The van der Waals surface area contributed by atoms with E-state index in [1.165, 1.54) is 0 Å². The van der Waals surface area contributed by atoms with Crippen LogP contribution in [0.4, 0.5) is 10.5 Å². The van der Waals surface area contributed by atoms with Gasteiger partial charge >= 0.3 is 6.09 Å². The van der Waals surface area contributed by atoms with Gasteiger partial charge in [-0.05, 0) is 31.2 Å². The molecule has 0 radical (unpaired) electrons. The van der Waals surface area contributed by atoms with E-state index in [1.54, 1.807) is 30.7 Å². The molecule has 1 aromatic carbocycles. The molecule has 2 aromatic heterocycles. The molecule has 0 atom stereocenters. The number of anilines is 1. The number of hydrogen-bond acceptors (Lipinski definition) is 5.